The standard InChI is InChI=1S/C20H22Br2O/c21-18-12-17(13-19(22)15-18)10-4-1-2-7-11-20(23)14-16-8-5-3-6-9-16/h3,5-6,8-9,12-13,15H,1-2,4,7,10-11,14H2. The third-order valence-corrected chi connectivity index (χ3v) is 4.75. The molecule has 0 radical (unpaired) electrons. The summed E-state index contributed by atoms with van der Waals surface area (Å²) < 4.78 is 2.24. The van der Waals surface area contributed by atoms with E-state index in [1.165, 1.54) is 18.4 Å². The van der Waals surface area contributed by atoms with Gasteiger partial charge in [0.1, 0.15) is 5.78 Å². The van der Waals surface area contributed by atoms with Crippen LogP contribution in [0.4, 0.5) is 0 Å². The van der Waals surface area contributed by atoms with E-state index in [0.29, 0.717) is 18.6 Å². The van der Waals surface area contributed by atoms with Crippen LogP contribution >= 0.6 is 31.9 Å². The van der Waals surface area contributed by atoms with E-state index < -0.39 is 0 Å². The van der Waals surface area contributed by atoms with Crippen LogP contribution in [-0.2, 0) is 17.6 Å². The van der Waals surface area contributed by atoms with Crippen molar-refractivity contribution in [3.63, 3.8) is 0 Å². The smallest absolute Gasteiger partial charge is 0.137 e. The highest BCUT2D eigenvalue weighted by atomic mass is 79.9. The highest BCUT2D eigenvalue weighted by molar-refractivity contribution is 9.11. The van der Waals surface area contributed by atoms with E-state index in [4.69, 9.17) is 0 Å². The number of unbranched alkanes of at least 4 members (excludes halogenated alkanes) is 3. The molecule has 0 amide bonds. The van der Waals surface area contributed by atoms with Gasteiger partial charge >= 0.3 is 0 Å². The molecule has 0 aliphatic carbocycles. The fourth-order valence-electron chi connectivity index (χ4n) is 2.67. The maximum absolute atomic E-state index is 11.9. The molecule has 0 saturated carbocycles. The Bertz CT molecular complexity index is 603. The normalized spacial score (nSPS) is 10.7. The molecule has 0 saturated heterocycles. The van der Waals surface area contributed by atoms with E-state index in [1.54, 1.807) is 0 Å². The Labute approximate surface area is 155 Å². The van der Waals surface area contributed by atoms with Crippen molar-refractivity contribution in [1.82, 2.24) is 0 Å². The molecule has 0 N–H and O–H groups in total. The number of aryl methyl sites for hydroxylation is 1. The number of benzene rings is 2. The van der Waals surface area contributed by atoms with E-state index in [1.807, 2.05) is 30.3 Å². The predicted octanol–water partition coefficient (Wildman–Crippen LogP) is 6.52. The molecule has 0 atom stereocenters. The topological polar surface area (TPSA) is 17.1 Å². The average Bonchev–Trinajstić information content (AvgIpc) is 2.51. The number of halogens is 2. The molecule has 0 unspecified atom stereocenters. The zero-order valence-electron chi connectivity index (χ0n) is 13.2. The number of carbonyl (C=O) groups excluding carboxylic acids is 1. The highest BCUT2D eigenvalue weighted by Gasteiger charge is 2.03. The largest absolute Gasteiger partial charge is 0.299 e. The quantitative estimate of drug-likeness (QED) is 0.408. The van der Waals surface area contributed by atoms with Crippen LogP contribution in [0.1, 0.15) is 43.2 Å². The van der Waals surface area contributed by atoms with Crippen LogP contribution in [0.2, 0.25) is 0 Å². The summed E-state index contributed by atoms with van der Waals surface area (Å²) in [6, 6.07) is 16.4. The van der Waals surface area contributed by atoms with Crippen LogP contribution in [0.3, 0.4) is 0 Å². The van der Waals surface area contributed by atoms with Crippen molar-refractivity contribution in [2.45, 2.75) is 44.9 Å². The predicted molar refractivity (Wildman–Crippen MR) is 104 cm³/mol. The summed E-state index contributed by atoms with van der Waals surface area (Å²) in [4.78, 5) is 11.9. The second-order valence-electron chi connectivity index (χ2n) is 5.89. The first-order valence-corrected chi connectivity index (χ1v) is 9.73. The van der Waals surface area contributed by atoms with Gasteiger partial charge in [-0.3, -0.25) is 4.79 Å². The molecule has 0 heterocycles. The fraction of sp³-hybridized carbons (Fsp3) is 0.350. The Kier molecular flexibility index (Phi) is 8.04. The van der Waals surface area contributed by atoms with Crippen LogP contribution in [0.5, 0.6) is 0 Å². The minimum absolute atomic E-state index is 0.354. The molecule has 0 aliphatic rings. The molecule has 122 valence electrons. The van der Waals surface area contributed by atoms with Gasteiger partial charge in [0, 0.05) is 21.8 Å². The molecular formula is C20H22Br2O. The van der Waals surface area contributed by atoms with Crippen molar-refractivity contribution < 1.29 is 4.79 Å². The zero-order chi connectivity index (χ0) is 16.5. The molecule has 0 aromatic heterocycles. The van der Waals surface area contributed by atoms with Gasteiger partial charge in [-0.15, -0.1) is 0 Å². The van der Waals surface area contributed by atoms with Gasteiger partial charge in [0.2, 0.25) is 0 Å². The Balaban J connectivity index is 1.58. The van der Waals surface area contributed by atoms with Crippen LogP contribution < -0.4 is 0 Å². The first-order chi connectivity index (χ1) is 11.1. The van der Waals surface area contributed by atoms with E-state index in [9.17, 15) is 4.79 Å². The summed E-state index contributed by atoms with van der Waals surface area (Å²) in [5.74, 6) is 0.354. The lowest BCUT2D eigenvalue weighted by molar-refractivity contribution is -0.118. The molecule has 2 aromatic rings. The van der Waals surface area contributed by atoms with Gasteiger partial charge in [-0.05, 0) is 48.6 Å². The summed E-state index contributed by atoms with van der Waals surface area (Å²) in [6.45, 7) is 0. The van der Waals surface area contributed by atoms with E-state index in [-0.39, 0.29) is 0 Å². The van der Waals surface area contributed by atoms with E-state index in [2.05, 4.69) is 50.1 Å². The number of hydrogen-bond acceptors (Lipinski definition) is 1. The van der Waals surface area contributed by atoms with Gasteiger partial charge in [0.25, 0.3) is 0 Å². The van der Waals surface area contributed by atoms with Crippen LogP contribution in [0.15, 0.2) is 57.5 Å². The number of hydrogen-bond donors (Lipinski definition) is 0. The summed E-state index contributed by atoms with van der Waals surface area (Å²) in [5, 5.41) is 0. The molecule has 0 fully saturated rings. The Morgan fingerprint density at radius 1 is 0.783 bits per heavy atom. The number of carbonyl (C=O) groups is 1. The first-order valence-electron chi connectivity index (χ1n) is 8.14. The van der Waals surface area contributed by atoms with Crippen LogP contribution in [0.25, 0.3) is 0 Å². The Morgan fingerprint density at radius 2 is 1.43 bits per heavy atom. The zero-order valence-corrected chi connectivity index (χ0v) is 16.4. The summed E-state index contributed by atoms with van der Waals surface area (Å²) in [5.41, 5.74) is 2.48. The molecule has 0 aliphatic heterocycles. The second-order valence-corrected chi connectivity index (χ2v) is 7.72. The lowest BCUT2D eigenvalue weighted by Gasteiger charge is -2.04. The van der Waals surface area contributed by atoms with Crippen molar-refractivity contribution in [3.05, 3.63) is 68.6 Å². The summed E-state index contributed by atoms with van der Waals surface area (Å²) in [7, 11) is 0. The maximum atomic E-state index is 11.9. The van der Waals surface area contributed by atoms with Crippen molar-refractivity contribution in [1.29, 1.82) is 0 Å². The van der Waals surface area contributed by atoms with E-state index in [0.717, 1.165) is 33.8 Å². The van der Waals surface area contributed by atoms with Gasteiger partial charge in [-0.1, -0.05) is 75.0 Å². The maximum Gasteiger partial charge on any atom is 0.137 e. The van der Waals surface area contributed by atoms with Gasteiger partial charge in [-0.2, -0.15) is 0 Å². The minimum Gasteiger partial charge on any atom is -0.299 e. The molecule has 0 bridgehead atoms. The van der Waals surface area contributed by atoms with Crippen molar-refractivity contribution >= 4 is 37.6 Å². The SMILES string of the molecule is O=C(CCCCCCc1cc(Br)cc(Br)c1)Cc1ccccc1. The Hall–Kier alpha value is -0.930. The summed E-state index contributed by atoms with van der Waals surface area (Å²) in [6.07, 6.45) is 6.88. The third-order valence-electron chi connectivity index (χ3n) is 3.84. The van der Waals surface area contributed by atoms with E-state index >= 15 is 0 Å². The van der Waals surface area contributed by atoms with Gasteiger partial charge < -0.3 is 0 Å². The lowest BCUT2D eigenvalue weighted by Crippen LogP contribution is -2.02. The van der Waals surface area contributed by atoms with Crippen molar-refractivity contribution in [2.75, 3.05) is 0 Å². The van der Waals surface area contributed by atoms with Crippen LogP contribution in [-0.4, -0.2) is 5.78 Å². The van der Waals surface area contributed by atoms with Gasteiger partial charge in [0.15, 0.2) is 0 Å². The average molecular weight is 438 g/mol. The molecule has 1 nitrogen and oxygen atoms in total. The van der Waals surface area contributed by atoms with Crippen molar-refractivity contribution in [3.8, 4) is 0 Å². The number of ketones is 1. The van der Waals surface area contributed by atoms with Crippen molar-refractivity contribution in [2.24, 2.45) is 0 Å². The molecule has 0 spiro atoms. The molecule has 2 aromatic carbocycles. The molecular weight excluding hydrogens is 416 g/mol. The molecule has 2 rings (SSSR count). The minimum atomic E-state index is 0.354. The summed E-state index contributed by atoms with van der Waals surface area (Å²) >= 11 is 7.04. The number of rotatable bonds is 9. The highest BCUT2D eigenvalue weighted by Crippen LogP contribution is 2.21. The first kappa shape index (κ1) is 18.4. The number of Topliss-reactive ketones (excluding diaryl/α,β-unsaturated/α-hetero) is 1. The second kappa shape index (κ2) is 10.0. The Morgan fingerprint density at radius 3 is 2.13 bits per heavy atom. The van der Waals surface area contributed by atoms with Gasteiger partial charge in [-0.25, -0.2) is 0 Å². The van der Waals surface area contributed by atoms with Gasteiger partial charge in [0.05, 0.1) is 0 Å². The van der Waals surface area contributed by atoms with Crippen LogP contribution in [0, 0.1) is 0 Å². The fourth-order valence-corrected chi connectivity index (χ4v) is 4.06. The molecule has 23 heavy (non-hydrogen) atoms. The third kappa shape index (κ3) is 7.45. The monoisotopic (exact) mass is 436 g/mol. The molecule has 3 heteroatoms. The lowest BCUT2D eigenvalue weighted by atomic mass is 10.0.